The van der Waals surface area contributed by atoms with Gasteiger partial charge >= 0.3 is 5.97 Å². The molecule has 4 aliphatic heterocycles. The Labute approximate surface area is 377 Å². The maximum absolute atomic E-state index is 14.0. The molecule has 5 rings (SSSR count). The number of ether oxygens (including phenoxy) is 7. The number of methoxy groups -OCH3 is 2. The minimum absolute atomic E-state index is 0.0198. The van der Waals surface area contributed by atoms with Gasteiger partial charge in [-0.1, -0.05) is 49.8 Å². The number of esters is 1. The molecular formula is C46H73N5O13. The largest absolute Gasteiger partial charge is 0.462 e. The smallest absolute Gasteiger partial charge is 0.308 e. The van der Waals surface area contributed by atoms with Gasteiger partial charge in [0.25, 0.3) is 0 Å². The van der Waals surface area contributed by atoms with Gasteiger partial charge in [0, 0.05) is 50.9 Å². The maximum atomic E-state index is 14.0. The molecule has 0 saturated carbocycles. The first-order chi connectivity index (χ1) is 30.5. The van der Waals surface area contributed by atoms with Crippen molar-refractivity contribution in [2.24, 2.45) is 34.0 Å². The van der Waals surface area contributed by atoms with Gasteiger partial charge in [-0.15, -0.1) is 0 Å². The van der Waals surface area contributed by atoms with Crippen molar-refractivity contribution in [2.45, 2.75) is 153 Å². The molecule has 64 heavy (non-hydrogen) atoms. The van der Waals surface area contributed by atoms with Crippen LogP contribution in [0.4, 0.5) is 0 Å². The third-order valence-electron chi connectivity index (χ3n) is 13.2. The number of ketones is 1. The molecule has 4 aliphatic rings. The number of aliphatic hydroxyl groups is 4. The lowest BCUT2D eigenvalue weighted by molar-refractivity contribution is -0.304. The van der Waals surface area contributed by atoms with Gasteiger partial charge in [-0.25, -0.2) is 0 Å². The third-order valence-corrected chi connectivity index (χ3v) is 13.2. The number of aliphatic hydroxyl groups excluding tert-OH is 4. The van der Waals surface area contributed by atoms with Crippen molar-refractivity contribution in [3.05, 3.63) is 53.9 Å². The average Bonchev–Trinajstić information content (AvgIpc) is 3.75. The van der Waals surface area contributed by atoms with Crippen LogP contribution in [0.5, 0.6) is 0 Å². The van der Waals surface area contributed by atoms with Gasteiger partial charge in [0.2, 0.25) is 0 Å². The Hall–Kier alpha value is -3.27. The number of pyridine rings is 1. The van der Waals surface area contributed by atoms with Crippen LogP contribution < -0.4 is 0 Å². The summed E-state index contributed by atoms with van der Waals surface area (Å²) in [5.41, 5.74) is 1.66. The maximum Gasteiger partial charge on any atom is 0.308 e. The number of aromatic nitrogens is 1. The number of allylic oxidation sites excluding steroid dienone is 3. The molecule has 1 unspecified atom stereocenters. The number of carbonyl (C=O) groups is 2. The molecule has 18 nitrogen and oxygen atoms in total. The molecule has 0 aromatic carbocycles. The van der Waals surface area contributed by atoms with E-state index in [0.29, 0.717) is 32.4 Å². The molecule has 18 atom stereocenters. The Bertz CT molecular complexity index is 1720. The fourth-order valence-electron chi connectivity index (χ4n) is 9.29. The summed E-state index contributed by atoms with van der Waals surface area (Å²) in [5.74, 6) is -2.97. The molecule has 0 bridgehead atoms. The number of rotatable bonds is 13. The van der Waals surface area contributed by atoms with Gasteiger partial charge in [0.05, 0.1) is 56.1 Å². The minimum atomic E-state index is -1.28. The monoisotopic (exact) mass is 904 g/mol. The quantitative estimate of drug-likeness (QED) is 0.209. The summed E-state index contributed by atoms with van der Waals surface area (Å²) in [6.07, 6.45) is -1.60. The van der Waals surface area contributed by atoms with Gasteiger partial charge in [-0.3, -0.25) is 19.6 Å². The summed E-state index contributed by atoms with van der Waals surface area (Å²) >= 11 is 0. The van der Waals surface area contributed by atoms with E-state index in [1.165, 1.54) is 14.2 Å². The van der Waals surface area contributed by atoms with E-state index in [2.05, 4.69) is 15.3 Å². The summed E-state index contributed by atoms with van der Waals surface area (Å²) in [6.45, 7) is 11.7. The standard InChI is InChI=1S/C46H73N5O13/c1-11-36-32(24-60-46-44(59-10)43(58-9)40(56)29(6)62-46)19-25(2)14-15-34(52)26(3)20-30(16-18-51-23-33(48-49-51)31-13-12-17-47-22-31)42(27(4)35(53)21-37(54)63-36)64-45-41(57)38(50(7)8)39(55)28(5)61-45/h12-15,17,19,22,26-30,32-33,35-36,38-46,53,55-57H,11,16,18,20-21,23-24H2,1-10H3/b15-14+,25-19+/t26-,27+,28-,29-,30+,32-,33?,35-,36-,38+,39-,40-,41-,42-,43-,44-,45+,46-/m1/s1. The van der Waals surface area contributed by atoms with Gasteiger partial charge < -0.3 is 58.5 Å². The van der Waals surface area contributed by atoms with Crippen molar-refractivity contribution < 1.29 is 63.2 Å². The molecule has 0 radical (unpaired) electrons. The lowest BCUT2D eigenvalue weighted by atomic mass is 9.79. The van der Waals surface area contributed by atoms with Crippen molar-refractivity contribution in [1.29, 1.82) is 0 Å². The zero-order chi connectivity index (χ0) is 46.8. The van der Waals surface area contributed by atoms with E-state index >= 15 is 0 Å². The highest BCUT2D eigenvalue weighted by Crippen LogP contribution is 2.36. The van der Waals surface area contributed by atoms with E-state index in [9.17, 15) is 30.0 Å². The van der Waals surface area contributed by atoms with Crippen LogP contribution in [-0.2, 0) is 42.7 Å². The Morgan fingerprint density at radius 2 is 1.62 bits per heavy atom. The van der Waals surface area contributed by atoms with Gasteiger partial charge in [-0.2, -0.15) is 5.11 Å². The number of nitrogens with zero attached hydrogens (tertiary/aromatic N) is 5. The van der Waals surface area contributed by atoms with E-state index in [0.717, 1.165) is 11.1 Å². The summed E-state index contributed by atoms with van der Waals surface area (Å²) in [6, 6.07) is 2.88. The van der Waals surface area contributed by atoms with Crippen LogP contribution in [0, 0.1) is 23.7 Å². The van der Waals surface area contributed by atoms with Crippen molar-refractivity contribution in [3.63, 3.8) is 0 Å². The van der Waals surface area contributed by atoms with Crippen LogP contribution in [0.25, 0.3) is 0 Å². The topological polar surface area (TPSA) is 224 Å². The summed E-state index contributed by atoms with van der Waals surface area (Å²) in [7, 11) is 6.47. The second-order valence-corrected chi connectivity index (χ2v) is 18.2. The lowest BCUT2D eigenvalue weighted by Crippen LogP contribution is -2.63. The first-order valence-corrected chi connectivity index (χ1v) is 22.6. The first-order valence-electron chi connectivity index (χ1n) is 22.6. The van der Waals surface area contributed by atoms with E-state index in [1.54, 1.807) is 64.3 Å². The zero-order valence-electron chi connectivity index (χ0n) is 39.1. The van der Waals surface area contributed by atoms with Gasteiger partial charge in [0.1, 0.15) is 36.6 Å². The molecule has 4 N–H and O–H groups in total. The van der Waals surface area contributed by atoms with Crippen molar-refractivity contribution in [1.82, 2.24) is 14.9 Å². The SMILES string of the molecule is CC[C@H]1OC(=O)C[C@@H](O)[C@H](C)[C@@H](O[C@@H]2O[C@H](C)[C@@H](O)[C@H](N(C)C)[C@H]2O)[C@@H](CCN2CC(c3cccnc3)N=N2)C[C@@H](C)C(=O)/C=C/C(C)=C/[C@@H]1CO[C@@H]1O[C@H](C)[C@@H](O)[C@@H](OC)[C@H]1OC. The van der Waals surface area contributed by atoms with Crippen LogP contribution in [0.2, 0.25) is 0 Å². The van der Waals surface area contributed by atoms with E-state index < -0.39 is 109 Å². The Kier molecular flexibility index (Phi) is 19.4. The molecule has 18 heteroatoms. The number of likely N-dealkylation sites (N-methyl/N-ethyl adjacent to an activating group) is 1. The highest BCUT2D eigenvalue weighted by atomic mass is 16.7. The normalized spacial score (nSPS) is 40.9. The number of hydrogen-bond donors (Lipinski definition) is 4. The van der Waals surface area contributed by atoms with Crippen molar-refractivity contribution in [3.8, 4) is 0 Å². The highest BCUT2D eigenvalue weighted by molar-refractivity contribution is 5.91. The second kappa shape index (κ2) is 24.0. The molecule has 1 aromatic heterocycles. The van der Waals surface area contributed by atoms with E-state index in [1.807, 2.05) is 44.0 Å². The predicted octanol–water partition coefficient (Wildman–Crippen LogP) is 3.18. The highest BCUT2D eigenvalue weighted by Gasteiger charge is 2.48. The second-order valence-electron chi connectivity index (χ2n) is 18.2. The molecule has 1 aromatic rings. The van der Waals surface area contributed by atoms with E-state index in [4.69, 9.17) is 33.2 Å². The Balaban J connectivity index is 1.45. The molecule has 5 heterocycles. The van der Waals surface area contributed by atoms with Crippen molar-refractivity contribution in [2.75, 3.05) is 48.0 Å². The van der Waals surface area contributed by atoms with Crippen molar-refractivity contribution >= 4 is 11.8 Å². The van der Waals surface area contributed by atoms with Crippen LogP contribution in [0.1, 0.15) is 78.8 Å². The van der Waals surface area contributed by atoms with Crippen LogP contribution in [0.3, 0.4) is 0 Å². The lowest BCUT2D eigenvalue weighted by Gasteiger charge is -2.46. The predicted molar refractivity (Wildman–Crippen MR) is 233 cm³/mol. The van der Waals surface area contributed by atoms with Gasteiger partial charge in [0.15, 0.2) is 18.4 Å². The first kappa shape index (κ1) is 51.7. The molecule has 360 valence electrons. The zero-order valence-corrected chi connectivity index (χ0v) is 39.1. The summed E-state index contributed by atoms with van der Waals surface area (Å²) in [5, 5.41) is 56.1. The molecule has 0 amide bonds. The van der Waals surface area contributed by atoms with Crippen LogP contribution in [0.15, 0.2) is 58.7 Å². The molecule has 2 saturated heterocycles. The summed E-state index contributed by atoms with van der Waals surface area (Å²) < 4.78 is 42.5. The number of cyclic esters (lactones) is 1. The Morgan fingerprint density at radius 3 is 2.28 bits per heavy atom. The fourth-order valence-corrected chi connectivity index (χ4v) is 9.29. The minimum Gasteiger partial charge on any atom is -0.462 e. The number of hydrogen-bond acceptors (Lipinski definition) is 18. The number of carbonyl (C=O) groups excluding carboxylic acids is 2. The fraction of sp³-hybridized carbons (Fsp3) is 0.761. The average molecular weight is 904 g/mol. The van der Waals surface area contributed by atoms with Gasteiger partial charge in [-0.05, 0) is 77.8 Å². The van der Waals surface area contributed by atoms with Crippen LogP contribution in [-0.4, -0.2) is 175 Å². The van der Waals surface area contributed by atoms with E-state index in [-0.39, 0.29) is 24.9 Å². The third kappa shape index (κ3) is 13.0. The molecular weight excluding hydrogens is 831 g/mol. The van der Waals surface area contributed by atoms with Crippen LogP contribution >= 0.6 is 0 Å². The molecule has 2 fully saturated rings. The molecule has 0 aliphatic carbocycles. The molecule has 0 spiro atoms. The summed E-state index contributed by atoms with van der Waals surface area (Å²) in [4.78, 5) is 33.9. The Morgan fingerprint density at radius 1 is 0.922 bits per heavy atom.